The van der Waals surface area contributed by atoms with Crippen LogP contribution >= 0.6 is 0 Å². The monoisotopic (exact) mass is 369 g/mol. The minimum absolute atomic E-state index is 0.0590. The van der Waals surface area contributed by atoms with Crippen LogP contribution in [-0.2, 0) is 17.8 Å². The van der Waals surface area contributed by atoms with E-state index in [1.54, 1.807) is 24.3 Å². The number of halogens is 3. The van der Waals surface area contributed by atoms with Gasteiger partial charge in [0.2, 0.25) is 0 Å². The number of nitrogens with zero attached hydrogens (tertiary/aromatic N) is 3. The van der Waals surface area contributed by atoms with Gasteiger partial charge in [-0.25, -0.2) is 9.48 Å². The molecule has 0 saturated carbocycles. The fraction of sp³-hybridized carbons (Fsp3) is 0.312. The van der Waals surface area contributed by atoms with Gasteiger partial charge in [0, 0.05) is 18.5 Å². The predicted octanol–water partition coefficient (Wildman–Crippen LogP) is 2.03. The lowest BCUT2D eigenvalue weighted by atomic mass is 10.0. The second-order valence-corrected chi connectivity index (χ2v) is 5.66. The third kappa shape index (κ3) is 3.09. The smallest absolute Gasteiger partial charge is 0.471 e. The summed E-state index contributed by atoms with van der Waals surface area (Å²) in [4.78, 5) is 23.5. The van der Waals surface area contributed by atoms with E-state index < -0.39 is 24.6 Å². The fourth-order valence-corrected chi connectivity index (χ4v) is 2.88. The number of alkyl halides is 3. The summed E-state index contributed by atoms with van der Waals surface area (Å²) in [6.45, 7) is -0.627. The second-order valence-electron chi connectivity index (χ2n) is 5.66. The van der Waals surface area contributed by atoms with E-state index in [2.05, 4.69) is 5.10 Å². The Morgan fingerprint density at radius 3 is 2.42 bits per heavy atom. The summed E-state index contributed by atoms with van der Waals surface area (Å²) >= 11 is 0. The molecule has 0 saturated heterocycles. The van der Waals surface area contributed by atoms with Gasteiger partial charge in [0.15, 0.2) is 5.69 Å². The lowest BCUT2D eigenvalue weighted by Crippen LogP contribution is -2.44. The highest BCUT2D eigenvalue weighted by Crippen LogP contribution is 2.29. The lowest BCUT2D eigenvalue weighted by Gasteiger charge is -2.28. The topological polar surface area (TPSA) is 84.7 Å². The van der Waals surface area contributed by atoms with Gasteiger partial charge in [-0.1, -0.05) is 0 Å². The lowest BCUT2D eigenvalue weighted by molar-refractivity contribution is -0.186. The molecule has 0 radical (unpaired) electrons. The Bertz CT molecular complexity index is 859. The molecule has 2 heterocycles. The number of rotatable bonds is 3. The van der Waals surface area contributed by atoms with Crippen LogP contribution in [0, 0.1) is 0 Å². The number of carbonyl (C=O) groups is 2. The third-order valence-electron chi connectivity index (χ3n) is 4.11. The Balaban J connectivity index is 2.01. The zero-order valence-electron chi connectivity index (χ0n) is 13.6. The van der Waals surface area contributed by atoms with Gasteiger partial charge in [0.05, 0.1) is 25.0 Å². The molecule has 0 atom stereocenters. The standard InChI is InChI=1S/C16H14F3N3O4/c1-26-10-4-2-9(3-5-10)22-12-6-7-21(15(25)16(17,18)19)8-11(12)13(20-22)14(23)24/h2-5H,6-8H2,1H3,(H,23,24). The van der Waals surface area contributed by atoms with E-state index in [1.807, 2.05) is 0 Å². The molecule has 1 N–H and O–H groups in total. The van der Waals surface area contributed by atoms with Crippen molar-refractivity contribution in [1.82, 2.24) is 14.7 Å². The second kappa shape index (κ2) is 6.36. The van der Waals surface area contributed by atoms with Gasteiger partial charge in [-0.3, -0.25) is 4.79 Å². The highest BCUT2D eigenvalue weighted by Gasteiger charge is 2.44. The highest BCUT2D eigenvalue weighted by atomic mass is 19.4. The highest BCUT2D eigenvalue weighted by molar-refractivity contribution is 5.88. The number of amides is 1. The molecule has 0 unspecified atom stereocenters. The number of carboxylic acid groups (broad SMARTS) is 1. The first-order valence-electron chi connectivity index (χ1n) is 7.57. The van der Waals surface area contributed by atoms with E-state index in [0.29, 0.717) is 22.0 Å². The number of benzene rings is 1. The quantitative estimate of drug-likeness (QED) is 0.895. The molecular formula is C16H14F3N3O4. The van der Waals surface area contributed by atoms with Gasteiger partial charge in [0.25, 0.3) is 0 Å². The van der Waals surface area contributed by atoms with Crippen LogP contribution in [0.3, 0.4) is 0 Å². The zero-order valence-corrected chi connectivity index (χ0v) is 13.6. The Kier molecular flexibility index (Phi) is 4.34. The van der Waals surface area contributed by atoms with Crippen LogP contribution in [0.2, 0.25) is 0 Å². The largest absolute Gasteiger partial charge is 0.497 e. The SMILES string of the molecule is COc1ccc(-n2nc(C(=O)O)c3c2CCN(C(=O)C(F)(F)F)C3)cc1. The first-order chi connectivity index (χ1) is 12.2. The Morgan fingerprint density at radius 1 is 1.23 bits per heavy atom. The maximum atomic E-state index is 12.7. The summed E-state index contributed by atoms with van der Waals surface area (Å²) < 4.78 is 44.5. The summed E-state index contributed by atoms with van der Waals surface area (Å²) in [5.41, 5.74) is 0.761. The summed E-state index contributed by atoms with van der Waals surface area (Å²) in [7, 11) is 1.50. The number of aromatic carboxylic acids is 1. The molecule has 10 heteroatoms. The van der Waals surface area contributed by atoms with E-state index in [4.69, 9.17) is 4.74 Å². The van der Waals surface area contributed by atoms with Crippen molar-refractivity contribution in [3.63, 3.8) is 0 Å². The molecule has 0 fully saturated rings. The van der Waals surface area contributed by atoms with Crippen molar-refractivity contribution in [2.45, 2.75) is 19.1 Å². The molecule has 1 amide bonds. The number of carbonyl (C=O) groups excluding carboxylic acids is 1. The number of fused-ring (bicyclic) bond motifs is 1. The van der Waals surface area contributed by atoms with E-state index >= 15 is 0 Å². The average Bonchev–Trinajstić information content (AvgIpc) is 2.99. The van der Waals surface area contributed by atoms with Crippen molar-refractivity contribution in [3.8, 4) is 11.4 Å². The average molecular weight is 369 g/mol. The van der Waals surface area contributed by atoms with Gasteiger partial charge in [-0.2, -0.15) is 18.3 Å². The van der Waals surface area contributed by atoms with Crippen molar-refractivity contribution in [1.29, 1.82) is 0 Å². The first-order valence-corrected chi connectivity index (χ1v) is 7.57. The molecule has 7 nitrogen and oxygen atoms in total. The van der Waals surface area contributed by atoms with Crippen molar-refractivity contribution in [2.75, 3.05) is 13.7 Å². The summed E-state index contributed by atoms with van der Waals surface area (Å²) in [6.07, 6.45) is -4.95. The van der Waals surface area contributed by atoms with Gasteiger partial charge in [-0.15, -0.1) is 0 Å². The fourth-order valence-electron chi connectivity index (χ4n) is 2.88. The molecule has 138 valence electrons. The molecule has 1 aliphatic rings. The predicted molar refractivity (Wildman–Crippen MR) is 82.3 cm³/mol. The first kappa shape index (κ1) is 17.8. The normalized spacial score (nSPS) is 14.1. The molecule has 0 spiro atoms. The number of hydrogen-bond acceptors (Lipinski definition) is 4. The molecule has 1 aromatic heterocycles. The van der Waals surface area contributed by atoms with Crippen LogP contribution < -0.4 is 4.74 Å². The van der Waals surface area contributed by atoms with Crippen molar-refractivity contribution >= 4 is 11.9 Å². The molecule has 3 rings (SSSR count). The Hall–Kier alpha value is -3.04. The van der Waals surface area contributed by atoms with E-state index in [1.165, 1.54) is 11.8 Å². The number of hydrogen-bond donors (Lipinski definition) is 1. The van der Waals surface area contributed by atoms with Crippen molar-refractivity contribution in [2.24, 2.45) is 0 Å². The molecule has 1 aliphatic heterocycles. The maximum absolute atomic E-state index is 12.7. The third-order valence-corrected chi connectivity index (χ3v) is 4.11. The molecular weight excluding hydrogens is 355 g/mol. The maximum Gasteiger partial charge on any atom is 0.471 e. The number of carboxylic acids is 1. The number of methoxy groups -OCH3 is 1. The van der Waals surface area contributed by atoms with Crippen molar-refractivity contribution in [3.05, 3.63) is 41.2 Å². The molecule has 0 aliphatic carbocycles. The van der Waals surface area contributed by atoms with Gasteiger partial charge >= 0.3 is 18.1 Å². The van der Waals surface area contributed by atoms with E-state index in [-0.39, 0.29) is 24.2 Å². The van der Waals surface area contributed by atoms with Gasteiger partial charge in [-0.05, 0) is 24.3 Å². The summed E-state index contributed by atoms with van der Waals surface area (Å²) in [5, 5.41) is 13.4. The Morgan fingerprint density at radius 2 is 1.88 bits per heavy atom. The molecule has 0 bridgehead atoms. The van der Waals surface area contributed by atoms with Crippen molar-refractivity contribution < 1.29 is 32.6 Å². The van der Waals surface area contributed by atoms with Crippen LogP contribution in [0.4, 0.5) is 13.2 Å². The summed E-state index contributed by atoms with van der Waals surface area (Å²) in [6, 6.07) is 6.63. The van der Waals surface area contributed by atoms with Crippen LogP contribution in [0.1, 0.15) is 21.7 Å². The van der Waals surface area contributed by atoms with Gasteiger partial charge in [0.1, 0.15) is 5.75 Å². The van der Waals surface area contributed by atoms with E-state index in [9.17, 15) is 27.9 Å². The van der Waals surface area contributed by atoms with Crippen LogP contribution in [-0.4, -0.2) is 51.5 Å². The number of aromatic nitrogens is 2. The van der Waals surface area contributed by atoms with Crippen LogP contribution in [0.15, 0.2) is 24.3 Å². The van der Waals surface area contributed by atoms with Crippen LogP contribution in [0.5, 0.6) is 5.75 Å². The molecule has 1 aromatic carbocycles. The van der Waals surface area contributed by atoms with Gasteiger partial charge < -0.3 is 14.7 Å². The minimum atomic E-state index is -5.01. The minimum Gasteiger partial charge on any atom is -0.497 e. The Labute approximate surface area is 145 Å². The zero-order chi connectivity index (χ0) is 19.1. The molecule has 26 heavy (non-hydrogen) atoms. The number of ether oxygens (including phenoxy) is 1. The molecule has 2 aromatic rings. The summed E-state index contributed by atoms with van der Waals surface area (Å²) in [5.74, 6) is -2.76. The van der Waals surface area contributed by atoms with Crippen LogP contribution in [0.25, 0.3) is 5.69 Å². The van der Waals surface area contributed by atoms with E-state index in [0.717, 1.165) is 0 Å².